The molecule has 11 heteroatoms. The van der Waals surface area contributed by atoms with Gasteiger partial charge in [0.2, 0.25) is 15.9 Å². The van der Waals surface area contributed by atoms with E-state index < -0.39 is 34.8 Å². The summed E-state index contributed by atoms with van der Waals surface area (Å²) >= 11 is 12.0. The topological polar surface area (TPSA) is 84.9 Å². The zero-order chi connectivity index (χ0) is 25.6. The molecule has 7 nitrogen and oxygen atoms in total. The number of amides is 1. The molecule has 0 radical (unpaired) electrons. The Morgan fingerprint density at radius 3 is 2.31 bits per heavy atom. The maximum Gasteiger partial charge on any atom is 0.243 e. The highest BCUT2D eigenvalue weighted by Crippen LogP contribution is 2.28. The summed E-state index contributed by atoms with van der Waals surface area (Å²) in [5.74, 6) is -0.255. The summed E-state index contributed by atoms with van der Waals surface area (Å²) in [7, 11) is -1.19. The standard InChI is InChI=1S/C24H23Cl2FN2O5S/c1-33-22-11-6-16(12-23(22)34-2)13-28-24(30)15-29(14-19-20(26)4-3-5-21(19)27)35(31,32)18-9-7-17(25)8-10-18/h3-12H,13-15H2,1-2H3,(H,28,30). The summed E-state index contributed by atoms with van der Waals surface area (Å²) in [4.78, 5) is 12.7. The largest absolute Gasteiger partial charge is 0.493 e. The van der Waals surface area contributed by atoms with Crippen molar-refractivity contribution in [1.82, 2.24) is 9.62 Å². The average molecular weight is 541 g/mol. The number of methoxy groups -OCH3 is 2. The molecule has 3 rings (SSSR count). The number of carbonyl (C=O) groups excluding carboxylic acids is 1. The van der Waals surface area contributed by atoms with Gasteiger partial charge in [-0.3, -0.25) is 4.79 Å². The number of halogens is 3. The molecule has 0 fully saturated rings. The van der Waals surface area contributed by atoms with Crippen LogP contribution in [0.25, 0.3) is 0 Å². The molecule has 0 heterocycles. The Balaban J connectivity index is 1.83. The van der Waals surface area contributed by atoms with Crippen LogP contribution in [0, 0.1) is 5.82 Å². The summed E-state index contributed by atoms with van der Waals surface area (Å²) < 4.78 is 52.4. The zero-order valence-electron chi connectivity index (χ0n) is 18.9. The Morgan fingerprint density at radius 2 is 1.69 bits per heavy atom. The molecule has 0 spiro atoms. The van der Waals surface area contributed by atoms with Crippen molar-refractivity contribution in [2.24, 2.45) is 0 Å². The molecular formula is C24H23Cl2FN2O5S. The molecule has 0 aromatic heterocycles. The summed E-state index contributed by atoms with van der Waals surface area (Å²) in [5, 5.41) is 3.07. The van der Waals surface area contributed by atoms with E-state index in [0.717, 1.165) is 4.31 Å². The minimum atomic E-state index is -4.20. The molecule has 1 amide bonds. The molecule has 0 saturated heterocycles. The van der Waals surface area contributed by atoms with Gasteiger partial charge in [-0.05, 0) is 54.1 Å². The lowest BCUT2D eigenvalue weighted by Crippen LogP contribution is -2.40. The van der Waals surface area contributed by atoms with E-state index >= 15 is 0 Å². The van der Waals surface area contributed by atoms with E-state index in [1.165, 1.54) is 56.7 Å². The first kappa shape index (κ1) is 26.7. The molecule has 0 aliphatic carbocycles. The number of ether oxygens (including phenoxy) is 2. The van der Waals surface area contributed by atoms with E-state index in [-0.39, 0.29) is 22.0 Å². The highest BCUT2D eigenvalue weighted by molar-refractivity contribution is 7.89. The van der Waals surface area contributed by atoms with E-state index in [0.29, 0.717) is 22.1 Å². The molecule has 0 atom stereocenters. The molecule has 0 saturated carbocycles. The molecule has 3 aromatic rings. The Labute approximate surface area is 213 Å². The van der Waals surface area contributed by atoms with Crippen LogP contribution in [0.1, 0.15) is 11.1 Å². The lowest BCUT2D eigenvalue weighted by molar-refractivity contribution is -0.121. The lowest BCUT2D eigenvalue weighted by Gasteiger charge is -2.23. The van der Waals surface area contributed by atoms with Gasteiger partial charge in [0, 0.05) is 28.7 Å². The van der Waals surface area contributed by atoms with E-state index in [1.54, 1.807) is 18.2 Å². The summed E-state index contributed by atoms with van der Waals surface area (Å²) in [6.45, 7) is -0.905. The van der Waals surface area contributed by atoms with Crippen molar-refractivity contribution in [1.29, 1.82) is 0 Å². The fourth-order valence-corrected chi connectivity index (χ4v) is 4.96. The fraction of sp³-hybridized carbons (Fsp3) is 0.208. The van der Waals surface area contributed by atoms with E-state index in [2.05, 4.69) is 5.32 Å². The monoisotopic (exact) mass is 540 g/mol. The van der Waals surface area contributed by atoms with Gasteiger partial charge in [0.1, 0.15) is 5.82 Å². The SMILES string of the molecule is COc1ccc(CNC(=O)CN(Cc2c(F)cccc2Cl)S(=O)(=O)c2ccc(Cl)cc2)cc1OC. The van der Waals surface area contributed by atoms with Gasteiger partial charge in [-0.15, -0.1) is 0 Å². The first-order chi connectivity index (χ1) is 16.6. The summed E-state index contributed by atoms with van der Waals surface area (Å²) in [6.07, 6.45) is 0. The highest BCUT2D eigenvalue weighted by atomic mass is 35.5. The molecule has 0 bridgehead atoms. The second-order valence-electron chi connectivity index (χ2n) is 7.39. The minimum absolute atomic E-state index is 0.0422. The number of rotatable bonds is 10. The van der Waals surface area contributed by atoms with Crippen molar-refractivity contribution in [2.75, 3.05) is 20.8 Å². The Hall–Kier alpha value is -2.85. The van der Waals surface area contributed by atoms with E-state index in [9.17, 15) is 17.6 Å². The van der Waals surface area contributed by atoms with Crippen LogP contribution in [0.2, 0.25) is 10.0 Å². The smallest absolute Gasteiger partial charge is 0.243 e. The second kappa shape index (κ2) is 11.7. The van der Waals surface area contributed by atoms with Crippen molar-refractivity contribution in [3.05, 3.63) is 87.7 Å². The number of hydrogen-bond acceptors (Lipinski definition) is 5. The van der Waals surface area contributed by atoms with Crippen LogP contribution in [0.4, 0.5) is 4.39 Å². The molecule has 0 unspecified atom stereocenters. The number of sulfonamides is 1. The Kier molecular flexibility index (Phi) is 8.96. The van der Waals surface area contributed by atoms with Crippen molar-refractivity contribution in [3.8, 4) is 11.5 Å². The van der Waals surface area contributed by atoms with Crippen molar-refractivity contribution < 1.29 is 27.1 Å². The Bertz CT molecular complexity index is 1280. The van der Waals surface area contributed by atoms with Crippen molar-refractivity contribution in [2.45, 2.75) is 18.0 Å². The van der Waals surface area contributed by atoms with Gasteiger partial charge in [0.05, 0.1) is 25.7 Å². The van der Waals surface area contributed by atoms with Crippen LogP contribution in [-0.4, -0.2) is 39.4 Å². The number of carbonyl (C=O) groups is 1. The first-order valence-corrected chi connectivity index (χ1v) is 12.5. The maximum absolute atomic E-state index is 14.4. The molecular weight excluding hydrogens is 518 g/mol. The van der Waals surface area contributed by atoms with E-state index in [1.807, 2.05) is 0 Å². The second-order valence-corrected chi connectivity index (χ2v) is 10.2. The fourth-order valence-electron chi connectivity index (χ4n) is 3.25. The Morgan fingerprint density at radius 1 is 1.00 bits per heavy atom. The van der Waals surface area contributed by atoms with Gasteiger partial charge in [0.15, 0.2) is 11.5 Å². The molecule has 0 aliphatic rings. The quantitative estimate of drug-likeness (QED) is 0.404. The van der Waals surface area contributed by atoms with Crippen molar-refractivity contribution >= 4 is 39.1 Å². The zero-order valence-corrected chi connectivity index (χ0v) is 21.3. The highest BCUT2D eigenvalue weighted by Gasteiger charge is 2.28. The third-order valence-electron chi connectivity index (χ3n) is 5.11. The van der Waals surface area contributed by atoms with Crippen LogP contribution in [0.15, 0.2) is 65.6 Å². The number of nitrogens with one attached hydrogen (secondary N) is 1. The molecule has 35 heavy (non-hydrogen) atoms. The predicted octanol–water partition coefficient (Wildman–Crippen LogP) is 4.66. The van der Waals surface area contributed by atoms with E-state index in [4.69, 9.17) is 32.7 Å². The van der Waals surface area contributed by atoms with Crippen LogP contribution in [0.5, 0.6) is 11.5 Å². The third-order valence-corrected chi connectivity index (χ3v) is 7.52. The number of benzene rings is 3. The van der Waals surface area contributed by atoms with Crippen LogP contribution < -0.4 is 14.8 Å². The van der Waals surface area contributed by atoms with Gasteiger partial charge in [-0.2, -0.15) is 4.31 Å². The number of nitrogens with zero attached hydrogens (tertiary/aromatic N) is 1. The van der Waals surface area contributed by atoms with Gasteiger partial charge >= 0.3 is 0 Å². The van der Waals surface area contributed by atoms with Crippen LogP contribution in [0.3, 0.4) is 0 Å². The van der Waals surface area contributed by atoms with Crippen LogP contribution >= 0.6 is 23.2 Å². The lowest BCUT2D eigenvalue weighted by atomic mass is 10.2. The molecule has 3 aromatic carbocycles. The van der Waals surface area contributed by atoms with Gasteiger partial charge in [-0.25, -0.2) is 12.8 Å². The number of hydrogen-bond donors (Lipinski definition) is 1. The summed E-state index contributed by atoms with van der Waals surface area (Å²) in [6, 6.07) is 14.6. The molecule has 1 N–H and O–H groups in total. The normalized spacial score (nSPS) is 11.4. The minimum Gasteiger partial charge on any atom is -0.493 e. The molecule has 0 aliphatic heterocycles. The maximum atomic E-state index is 14.4. The predicted molar refractivity (Wildman–Crippen MR) is 132 cm³/mol. The van der Waals surface area contributed by atoms with Gasteiger partial charge < -0.3 is 14.8 Å². The molecule has 186 valence electrons. The average Bonchev–Trinajstić information content (AvgIpc) is 2.84. The van der Waals surface area contributed by atoms with Crippen molar-refractivity contribution in [3.63, 3.8) is 0 Å². The summed E-state index contributed by atoms with van der Waals surface area (Å²) in [5.41, 5.74) is 0.666. The third kappa shape index (κ3) is 6.64. The van der Waals surface area contributed by atoms with Gasteiger partial charge in [0.25, 0.3) is 0 Å². The van der Waals surface area contributed by atoms with Gasteiger partial charge in [-0.1, -0.05) is 35.3 Å². The van der Waals surface area contributed by atoms with Crippen LogP contribution in [-0.2, 0) is 27.9 Å². The first-order valence-electron chi connectivity index (χ1n) is 10.3.